The second kappa shape index (κ2) is 16.1. The van der Waals surface area contributed by atoms with E-state index in [0.717, 1.165) is 49.1 Å². The maximum absolute atomic E-state index is 11.8. The molecule has 0 atom stereocenters. The Balaban J connectivity index is 0.00000676. The Morgan fingerprint density at radius 1 is 1.15 bits per heavy atom. The average molecular weight is 555 g/mol. The summed E-state index contributed by atoms with van der Waals surface area (Å²) < 4.78 is 6.60. The molecule has 0 aliphatic rings. The second-order valence-corrected chi connectivity index (χ2v) is 7.09. The summed E-state index contributed by atoms with van der Waals surface area (Å²) in [6.07, 6.45) is 3.14. The molecular weight excluding hydrogens is 523 g/mol. The van der Waals surface area contributed by atoms with Crippen LogP contribution in [0.1, 0.15) is 31.7 Å². The predicted octanol–water partition coefficient (Wildman–Crippen LogP) is 3.40. The Kier molecular flexibility index (Phi) is 15.6. The molecule has 1 rings (SSSR count). The van der Waals surface area contributed by atoms with Gasteiger partial charge < -0.3 is 20.3 Å². The van der Waals surface area contributed by atoms with Crippen molar-refractivity contribution >= 4 is 51.8 Å². The molecule has 1 aromatic rings. The van der Waals surface area contributed by atoms with E-state index in [-0.39, 0.29) is 36.4 Å². The van der Waals surface area contributed by atoms with Crippen molar-refractivity contribution in [2.45, 2.75) is 32.7 Å². The lowest BCUT2D eigenvalue weighted by molar-refractivity contribution is -0.127. The Hall–Kier alpha value is -0.870. The van der Waals surface area contributed by atoms with Crippen LogP contribution in [-0.2, 0) is 16.1 Å². The van der Waals surface area contributed by atoms with E-state index >= 15 is 0 Å². The smallest absolute Gasteiger partial charge is 0.241 e. The van der Waals surface area contributed by atoms with Gasteiger partial charge in [-0.3, -0.25) is 4.79 Å². The lowest BCUT2D eigenvalue weighted by Gasteiger charge is -2.15. The molecule has 0 unspecified atom stereocenters. The standard InChI is InChI=1S/C19H31BrN4O2.HI/c1-4-5-12-26-13-6-11-21-19(23-15-18(25)24(2)3)22-14-16-7-9-17(20)10-8-16;/h7-10H,4-6,11-15H2,1-3H3,(H2,21,22,23);1H. The summed E-state index contributed by atoms with van der Waals surface area (Å²) in [7, 11) is 3.48. The van der Waals surface area contributed by atoms with Crippen LogP contribution in [0.3, 0.4) is 0 Å². The quantitative estimate of drug-likeness (QED) is 0.190. The molecule has 0 saturated heterocycles. The fourth-order valence-corrected chi connectivity index (χ4v) is 2.25. The van der Waals surface area contributed by atoms with Gasteiger partial charge in [-0.1, -0.05) is 41.4 Å². The van der Waals surface area contributed by atoms with Crippen molar-refractivity contribution in [3.05, 3.63) is 34.3 Å². The van der Waals surface area contributed by atoms with E-state index < -0.39 is 0 Å². The van der Waals surface area contributed by atoms with E-state index in [1.54, 1.807) is 19.0 Å². The SMILES string of the molecule is CCCCOCCCNC(=NCc1ccc(Br)cc1)NCC(=O)N(C)C.I. The largest absolute Gasteiger partial charge is 0.381 e. The van der Waals surface area contributed by atoms with Crippen LogP contribution >= 0.6 is 39.9 Å². The molecule has 0 aliphatic carbocycles. The third kappa shape index (κ3) is 13.0. The number of aliphatic imine (C=N–C) groups is 1. The number of nitrogens with one attached hydrogen (secondary N) is 2. The first-order chi connectivity index (χ1) is 12.5. The molecule has 0 saturated carbocycles. The van der Waals surface area contributed by atoms with Crippen molar-refractivity contribution in [2.75, 3.05) is 40.4 Å². The Labute approximate surface area is 188 Å². The van der Waals surface area contributed by atoms with Crippen LogP contribution in [0.2, 0.25) is 0 Å². The van der Waals surface area contributed by atoms with Gasteiger partial charge in [0.2, 0.25) is 5.91 Å². The lowest BCUT2D eigenvalue weighted by atomic mass is 10.2. The molecular formula is C19H32BrIN4O2. The number of carbonyl (C=O) groups excluding carboxylic acids is 1. The zero-order valence-corrected chi connectivity index (χ0v) is 20.4. The van der Waals surface area contributed by atoms with Crippen molar-refractivity contribution in [3.63, 3.8) is 0 Å². The first-order valence-electron chi connectivity index (χ1n) is 9.07. The van der Waals surface area contributed by atoms with Gasteiger partial charge in [-0.15, -0.1) is 24.0 Å². The number of hydrogen-bond acceptors (Lipinski definition) is 3. The Morgan fingerprint density at radius 2 is 1.81 bits per heavy atom. The van der Waals surface area contributed by atoms with Gasteiger partial charge in [0.25, 0.3) is 0 Å². The number of halogens is 2. The summed E-state index contributed by atoms with van der Waals surface area (Å²) in [6.45, 7) is 5.20. The molecule has 0 spiro atoms. The lowest BCUT2D eigenvalue weighted by Crippen LogP contribution is -2.43. The summed E-state index contributed by atoms with van der Waals surface area (Å²) in [5, 5.41) is 6.36. The number of carbonyl (C=O) groups is 1. The summed E-state index contributed by atoms with van der Waals surface area (Å²) >= 11 is 3.43. The summed E-state index contributed by atoms with van der Waals surface area (Å²) in [6, 6.07) is 8.04. The van der Waals surface area contributed by atoms with Gasteiger partial charge in [-0.05, 0) is 30.5 Å². The number of unbranched alkanes of at least 4 members (excludes halogenated alkanes) is 1. The number of nitrogens with zero attached hydrogens (tertiary/aromatic N) is 2. The number of rotatable bonds is 11. The van der Waals surface area contributed by atoms with Crippen LogP contribution in [0.25, 0.3) is 0 Å². The maximum Gasteiger partial charge on any atom is 0.241 e. The van der Waals surface area contributed by atoms with Crippen molar-refractivity contribution in [1.29, 1.82) is 0 Å². The van der Waals surface area contributed by atoms with Crippen LogP contribution in [0.15, 0.2) is 33.7 Å². The van der Waals surface area contributed by atoms with E-state index in [9.17, 15) is 4.79 Å². The van der Waals surface area contributed by atoms with Gasteiger partial charge in [-0.2, -0.15) is 0 Å². The highest BCUT2D eigenvalue weighted by Crippen LogP contribution is 2.11. The molecule has 27 heavy (non-hydrogen) atoms. The number of benzene rings is 1. The molecule has 154 valence electrons. The van der Waals surface area contributed by atoms with Crippen LogP contribution in [0.4, 0.5) is 0 Å². The third-order valence-corrected chi connectivity index (χ3v) is 4.17. The fourth-order valence-electron chi connectivity index (χ4n) is 1.98. The van der Waals surface area contributed by atoms with E-state index in [0.29, 0.717) is 12.5 Å². The predicted molar refractivity (Wildman–Crippen MR) is 126 cm³/mol. The number of amides is 1. The van der Waals surface area contributed by atoms with Gasteiger partial charge in [0.05, 0.1) is 13.1 Å². The number of ether oxygens (including phenoxy) is 1. The molecule has 0 heterocycles. The average Bonchev–Trinajstić information content (AvgIpc) is 2.63. The highest BCUT2D eigenvalue weighted by Gasteiger charge is 2.05. The van der Waals surface area contributed by atoms with Crippen LogP contribution < -0.4 is 10.6 Å². The van der Waals surface area contributed by atoms with Gasteiger partial charge in [0.15, 0.2) is 5.96 Å². The van der Waals surface area contributed by atoms with Gasteiger partial charge in [-0.25, -0.2) is 4.99 Å². The number of likely N-dealkylation sites (N-methyl/N-ethyl adjacent to an activating group) is 1. The monoisotopic (exact) mass is 554 g/mol. The maximum atomic E-state index is 11.8. The van der Waals surface area contributed by atoms with Gasteiger partial charge in [0.1, 0.15) is 0 Å². The molecule has 0 radical (unpaired) electrons. The number of guanidine groups is 1. The highest BCUT2D eigenvalue weighted by molar-refractivity contribution is 14.0. The minimum absolute atomic E-state index is 0. The Morgan fingerprint density at radius 3 is 2.44 bits per heavy atom. The molecule has 8 heteroatoms. The van der Waals surface area contributed by atoms with E-state index in [1.165, 1.54) is 0 Å². The molecule has 1 aromatic carbocycles. The third-order valence-electron chi connectivity index (χ3n) is 3.64. The van der Waals surface area contributed by atoms with Crippen LogP contribution in [0.5, 0.6) is 0 Å². The molecule has 0 fully saturated rings. The number of hydrogen-bond donors (Lipinski definition) is 2. The van der Waals surface area contributed by atoms with Gasteiger partial charge >= 0.3 is 0 Å². The van der Waals surface area contributed by atoms with E-state index in [1.807, 2.05) is 24.3 Å². The molecule has 1 amide bonds. The molecule has 2 N–H and O–H groups in total. The zero-order valence-electron chi connectivity index (χ0n) is 16.5. The highest BCUT2D eigenvalue weighted by atomic mass is 127. The summed E-state index contributed by atoms with van der Waals surface area (Å²) in [4.78, 5) is 17.9. The summed E-state index contributed by atoms with van der Waals surface area (Å²) in [5.41, 5.74) is 1.11. The zero-order chi connectivity index (χ0) is 19.2. The normalized spacial score (nSPS) is 10.9. The molecule has 0 aromatic heterocycles. The topological polar surface area (TPSA) is 66.0 Å². The van der Waals surface area contributed by atoms with E-state index in [4.69, 9.17) is 4.74 Å². The Bertz CT molecular complexity index is 553. The van der Waals surface area contributed by atoms with Crippen LogP contribution in [-0.4, -0.2) is 57.2 Å². The van der Waals surface area contributed by atoms with Crippen molar-refractivity contribution in [2.24, 2.45) is 4.99 Å². The van der Waals surface area contributed by atoms with E-state index in [2.05, 4.69) is 38.5 Å². The van der Waals surface area contributed by atoms with Crippen molar-refractivity contribution in [3.8, 4) is 0 Å². The molecule has 0 aliphatic heterocycles. The van der Waals surface area contributed by atoms with Crippen LogP contribution in [0, 0.1) is 0 Å². The van der Waals surface area contributed by atoms with Crippen molar-refractivity contribution in [1.82, 2.24) is 15.5 Å². The minimum atomic E-state index is 0. The molecule has 0 bridgehead atoms. The van der Waals surface area contributed by atoms with Gasteiger partial charge in [0, 0.05) is 38.3 Å². The molecule has 6 nitrogen and oxygen atoms in total. The second-order valence-electron chi connectivity index (χ2n) is 6.18. The van der Waals surface area contributed by atoms with Crippen molar-refractivity contribution < 1.29 is 9.53 Å². The first-order valence-corrected chi connectivity index (χ1v) is 9.86. The fraction of sp³-hybridized carbons (Fsp3) is 0.579. The first kappa shape index (κ1) is 26.1. The minimum Gasteiger partial charge on any atom is -0.381 e. The summed E-state index contributed by atoms with van der Waals surface area (Å²) in [5.74, 6) is 0.641.